The van der Waals surface area contributed by atoms with Crippen molar-refractivity contribution in [1.82, 2.24) is 9.78 Å². The smallest absolute Gasteiger partial charge is 0.331 e. The predicted octanol–water partition coefficient (Wildman–Crippen LogP) is 6.46. The molecule has 0 N–H and O–H groups in total. The largest absolute Gasteiger partial charge is 0.458 e. The second-order valence-corrected chi connectivity index (χ2v) is 7.88. The van der Waals surface area contributed by atoms with Crippen molar-refractivity contribution in [2.75, 3.05) is 0 Å². The van der Waals surface area contributed by atoms with Crippen LogP contribution in [0.4, 0.5) is 0 Å². The van der Waals surface area contributed by atoms with Crippen molar-refractivity contribution < 1.29 is 9.53 Å². The van der Waals surface area contributed by atoms with Gasteiger partial charge in [-0.3, -0.25) is 0 Å². The summed E-state index contributed by atoms with van der Waals surface area (Å²) in [6.45, 7) is 2.48. The number of aryl methyl sites for hydroxylation is 1. The molecule has 4 aromatic rings. The standard InChI is InChI=1S/C25H20Cl2N2O2/c1-17-21(25(27)29(28-17)15-19-8-3-5-12-23(19)26)13-14-24(30)31-16-20-10-6-9-18-7-2-4-11-22(18)20/h2-14H,15-16H2,1H3. The van der Waals surface area contributed by atoms with Gasteiger partial charge < -0.3 is 4.74 Å². The molecule has 0 amide bonds. The second-order valence-electron chi connectivity index (χ2n) is 7.12. The van der Waals surface area contributed by atoms with Gasteiger partial charge in [0.2, 0.25) is 0 Å². The van der Waals surface area contributed by atoms with Crippen LogP contribution < -0.4 is 0 Å². The van der Waals surface area contributed by atoms with Crippen molar-refractivity contribution in [1.29, 1.82) is 0 Å². The lowest BCUT2D eigenvalue weighted by molar-refractivity contribution is -0.138. The molecule has 0 atom stereocenters. The first-order valence-corrected chi connectivity index (χ1v) is 10.6. The van der Waals surface area contributed by atoms with Gasteiger partial charge in [0.1, 0.15) is 11.8 Å². The zero-order chi connectivity index (χ0) is 21.8. The Kier molecular flexibility index (Phi) is 6.40. The van der Waals surface area contributed by atoms with E-state index in [0.717, 1.165) is 27.6 Å². The third kappa shape index (κ3) is 4.82. The first-order valence-electron chi connectivity index (χ1n) is 9.80. The van der Waals surface area contributed by atoms with E-state index in [0.29, 0.717) is 22.3 Å². The summed E-state index contributed by atoms with van der Waals surface area (Å²) >= 11 is 12.7. The minimum Gasteiger partial charge on any atom is -0.458 e. The predicted molar refractivity (Wildman–Crippen MR) is 125 cm³/mol. The Bertz CT molecular complexity index is 1270. The molecule has 0 fully saturated rings. The summed E-state index contributed by atoms with van der Waals surface area (Å²) in [4.78, 5) is 12.3. The molecular formula is C25H20Cl2N2O2. The molecule has 6 heteroatoms. The highest BCUT2D eigenvalue weighted by molar-refractivity contribution is 6.32. The minimum atomic E-state index is -0.442. The zero-order valence-corrected chi connectivity index (χ0v) is 18.4. The number of hydrogen-bond donors (Lipinski definition) is 0. The van der Waals surface area contributed by atoms with Gasteiger partial charge >= 0.3 is 5.97 Å². The number of halogens is 2. The van der Waals surface area contributed by atoms with Crippen molar-refractivity contribution in [3.05, 3.63) is 105 Å². The maximum atomic E-state index is 12.3. The molecule has 0 aliphatic rings. The number of rotatable bonds is 6. The highest BCUT2D eigenvalue weighted by atomic mass is 35.5. The molecule has 0 unspecified atom stereocenters. The van der Waals surface area contributed by atoms with E-state index < -0.39 is 5.97 Å². The lowest BCUT2D eigenvalue weighted by Gasteiger charge is -2.06. The lowest BCUT2D eigenvalue weighted by Crippen LogP contribution is -2.02. The molecule has 4 rings (SSSR count). The van der Waals surface area contributed by atoms with E-state index in [4.69, 9.17) is 27.9 Å². The summed E-state index contributed by atoms with van der Waals surface area (Å²) in [7, 11) is 0. The molecule has 0 aliphatic heterocycles. The molecule has 4 nitrogen and oxygen atoms in total. The Balaban J connectivity index is 1.45. The molecule has 3 aromatic carbocycles. The fourth-order valence-corrected chi connectivity index (χ4v) is 3.91. The van der Waals surface area contributed by atoms with Crippen LogP contribution in [0.25, 0.3) is 16.8 Å². The van der Waals surface area contributed by atoms with Crippen LogP contribution in [0.1, 0.15) is 22.4 Å². The van der Waals surface area contributed by atoms with Crippen molar-refractivity contribution >= 4 is 46.0 Å². The van der Waals surface area contributed by atoms with Gasteiger partial charge in [-0.2, -0.15) is 5.10 Å². The average Bonchev–Trinajstić information content (AvgIpc) is 3.04. The highest BCUT2D eigenvalue weighted by Gasteiger charge is 2.13. The number of esters is 1. The topological polar surface area (TPSA) is 44.1 Å². The third-order valence-corrected chi connectivity index (χ3v) is 5.79. The SMILES string of the molecule is Cc1nn(Cc2ccccc2Cl)c(Cl)c1C=CC(=O)OCc1cccc2ccccc12. The van der Waals surface area contributed by atoms with E-state index in [9.17, 15) is 4.79 Å². The van der Waals surface area contributed by atoms with Gasteiger partial charge in [0, 0.05) is 16.7 Å². The number of benzene rings is 3. The van der Waals surface area contributed by atoms with Gasteiger partial charge in [-0.05, 0) is 41.0 Å². The second kappa shape index (κ2) is 9.38. The minimum absolute atomic E-state index is 0.197. The van der Waals surface area contributed by atoms with E-state index in [-0.39, 0.29) is 6.61 Å². The zero-order valence-electron chi connectivity index (χ0n) is 16.9. The van der Waals surface area contributed by atoms with E-state index in [2.05, 4.69) is 5.10 Å². The monoisotopic (exact) mass is 450 g/mol. The van der Waals surface area contributed by atoms with Crippen molar-refractivity contribution in [2.24, 2.45) is 0 Å². The van der Waals surface area contributed by atoms with Crippen molar-refractivity contribution in [3.8, 4) is 0 Å². The van der Waals surface area contributed by atoms with Crippen LogP contribution >= 0.6 is 23.2 Å². The summed E-state index contributed by atoms with van der Waals surface area (Å²) in [6, 6.07) is 21.5. The number of carbonyl (C=O) groups is 1. The van der Waals surface area contributed by atoms with Crippen LogP contribution in [0, 0.1) is 6.92 Å². The fourth-order valence-electron chi connectivity index (χ4n) is 3.42. The van der Waals surface area contributed by atoms with E-state index in [1.807, 2.05) is 73.7 Å². The highest BCUT2D eigenvalue weighted by Crippen LogP contribution is 2.24. The van der Waals surface area contributed by atoms with Crippen LogP contribution in [0.3, 0.4) is 0 Å². The van der Waals surface area contributed by atoms with Gasteiger partial charge in [-0.1, -0.05) is 83.9 Å². The molecule has 31 heavy (non-hydrogen) atoms. The van der Waals surface area contributed by atoms with Crippen LogP contribution in [0.2, 0.25) is 10.2 Å². The maximum absolute atomic E-state index is 12.3. The fraction of sp³-hybridized carbons (Fsp3) is 0.120. The molecule has 0 aliphatic carbocycles. The summed E-state index contributed by atoms with van der Waals surface area (Å²) in [5.74, 6) is -0.442. The molecule has 0 spiro atoms. The van der Waals surface area contributed by atoms with Gasteiger partial charge in [-0.25, -0.2) is 9.48 Å². The number of aromatic nitrogens is 2. The van der Waals surface area contributed by atoms with Crippen LogP contribution in [-0.4, -0.2) is 15.7 Å². The van der Waals surface area contributed by atoms with Gasteiger partial charge in [0.15, 0.2) is 0 Å². The van der Waals surface area contributed by atoms with Crippen LogP contribution in [-0.2, 0) is 22.7 Å². The Labute approximate surface area is 190 Å². The van der Waals surface area contributed by atoms with Crippen LogP contribution in [0.15, 0.2) is 72.8 Å². The van der Waals surface area contributed by atoms with Gasteiger partial charge in [0.05, 0.1) is 12.2 Å². The molecular weight excluding hydrogens is 431 g/mol. The van der Waals surface area contributed by atoms with Crippen molar-refractivity contribution in [2.45, 2.75) is 20.1 Å². The van der Waals surface area contributed by atoms with Crippen molar-refractivity contribution in [3.63, 3.8) is 0 Å². The van der Waals surface area contributed by atoms with Gasteiger partial charge in [-0.15, -0.1) is 0 Å². The van der Waals surface area contributed by atoms with Gasteiger partial charge in [0.25, 0.3) is 0 Å². The number of carbonyl (C=O) groups excluding carboxylic acids is 1. The Hall–Kier alpha value is -3.08. The van der Waals surface area contributed by atoms with E-state index in [1.54, 1.807) is 10.8 Å². The number of ether oxygens (including phenoxy) is 1. The number of hydrogen-bond acceptors (Lipinski definition) is 3. The average molecular weight is 451 g/mol. The summed E-state index contributed by atoms with van der Waals surface area (Å²) in [5, 5.41) is 7.75. The molecule has 156 valence electrons. The van der Waals surface area contributed by atoms with E-state index >= 15 is 0 Å². The third-order valence-electron chi connectivity index (χ3n) is 5.02. The Morgan fingerprint density at radius 3 is 2.55 bits per heavy atom. The molecule has 0 radical (unpaired) electrons. The molecule has 0 bridgehead atoms. The van der Waals surface area contributed by atoms with E-state index in [1.165, 1.54) is 6.08 Å². The molecule has 0 saturated carbocycles. The lowest BCUT2D eigenvalue weighted by atomic mass is 10.1. The maximum Gasteiger partial charge on any atom is 0.331 e. The number of nitrogens with zero attached hydrogens (tertiary/aromatic N) is 2. The summed E-state index contributed by atoms with van der Waals surface area (Å²) < 4.78 is 7.11. The first-order chi connectivity index (χ1) is 15.0. The Morgan fingerprint density at radius 2 is 1.71 bits per heavy atom. The summed E-state index contributed by atoms with van der Waals surface area (Å²) in [6.07, 6.45) is 3.01. The van der Waals surface area contributed by atoms with Crippen LogP contribution in [0.5, 0.6) is 0 Å². The molecule has 1 heterocycles. The Morgan fingerprint density at radius 1 is 1.00 bits per heavy atom. The number of fused-ring (bicyclic) bond motifs is 1. The normalized spacial score (nSPS) is 11.3. The first kappa shape index (κ1) is 21.2. The molecule has 0 saturated heterocycles. The summed E-state index contributed by atoms with van der Waals surface area (Å²) in [5.41, 5.74) is 3.27. The molecule has 1 aromatic heterocycles. The quantitative estimate of drug-likeness (QED) is 0.250.